The third kappa shape index (κ3) is 7.74. The minimum atomic E-state index is -0.292. The lowest BCUT2D eigenvalue weighted by Crippen LogP contribution is -2.42. The Bertz CT molecular complexity index is 995. The number of nitrogen functional groups attached to an aromatic ring is 1. The van der Waals surface area contributed by atoms with Crippen LogP contribution in [0.1, 0.15) is 21.5 Å². The lowest BCUT2D eigenvalue weighted by Gasteiger charge is -2.26. The second-order valence-electron chi connectivity index (χ2n) is 7.52. The van der Waals surface area contributed by atoms with Gasteiger partial charge < -0.3 is 25.8 Å². The molecule has 0 spiro atoms. The van der Waals surface area contributed by atoms with Gasteiger partial charge in [0.25, 0.3) is 11.8 Å². The zero-order valence-corrected chi connectivity index (χ0v) is 19.0. The molecular weight excluding hydrogens is 446 g/mol. The zero-order chi connectivity index (χ0) is 23.6. The van der Waals surface area contributed by atoms with Gasteiger partial charge in [-0.25, -0.2) is 0 Å². The molecule has 2 aromatic carbocycles. The summed E-state index contributed by atoms with van der Waals surface area (Å²) in [4.78, 5) is 26.9. The molecule has 33 heavy (non-hydrogen) atoms. The summed E-state index contributed by atoms with van der Waals surface area (Å²) >= 11 is 5.95. The summed E-state index contributed by atoms with van der Waals surface area (Å²) in [7, 11) is 0. The van der Waals surface area contributed by atoms with E-state index in [1.807, 2.05) is 0 Å². The standard InChI is InChI=1S/C23H28ClN5O4/c24-19-3-1-2-17(12-19)23(31)28-14-18-5-4-16(22(25)26)13-20(18)33-15-21(30)27-6-7-29-8-10-32-11-9-29/h1-5,12-13H,6-11,14-15H2,(H3,25,26)(H,27,30)(H,28,31). The molecule has 0 bridgehead atoms. The number of carbonyl (C=O) groups is 2. The normalized spacial score (nSPS) is 13.8. The number of amidine groups is 1. The van der Waals surface area contributed by atoms with Gasteiger partial charge in [-0.2, -0.15) is 0 Å². The first-order valence-electron chi connectivity index (χ1n) is 10.6. The molecule has 0 aromatic heterocycles. The Morgan fingerprint density at radius 3 is 2.64 bits per heavy atom. The number of rotatable bonds is 10. The molecule has 0 aliphatic carbocycles. The Balaban J connectivity index is 1.56. The highest BCUT2D eigenvalue weighted by Gasteiger charge is 2.13. The quantitative estimate of drug-likeness (QED) is 0.305. The predicted molar refractivity (Wildman–Crippen MR) is 126 cm³/mol. The summed E-state index contributed by atoms with van der Waals surface area (Å²) in [6.07, 6.45) is 0. The van der Waals surface area contributed by atoms with Crippen LogP contribution in [0.25, 0.3) is 0 Å². The molecule has 1 aliphatic rings. The van der Waals surface area contributed by atoms with Gasteiger partial charge in [0.2, 0.25) is 0 Å². The van der Waals surface area contributed by atoms with Gasteiger partial charge in [-0.3, -0.25) is 19.9 Å². The molecule has 9 nitrogen and oxygen atoms in total. The van der Waals surface area contributed by atoms with Crippen molar-refractivity contribution in [3.63, 3.8) is 0 Å². The smallest absolute Gasteiger partial charge is 0.257 e. The molecule has 1 fully saturated rings. The van der Waals surface area contributed by atoms with E-state index in [4.69, 9.17) is 32.2 Å². The monoisotopic (exact) mass is 473 g/mol. The molecule has 1 aliphatic heterocycles. The van der Waals surface area contributed by atoms with E-state index in [2.05, 4.69) is 15.5 Å². The number of ether oxygens (including phenoxy) is 2. The van der Waals surface area contributed by atoms with E-state index in [9.17, 15) is 9.59 Å². The van der Waals surface area contributed by atoms with Gasteiger partial charge in [-0.05, 0) is 24.3 Å². The zero-order valence-electron chi connectivity index (χ0n) is 18.2. The van der Waals surface area contributed by atoms with Crippen molar-refractivity contribution in [2.45, 2.75) is 6.54 Å². The SMILES string of the molecule is N=C(N)c1ccc(CNC(=O)c2cccc(Cl)c2)c(OCC(=O)NCCN2CCOCC2)c1. The molecule has 0 unspecified atom stereocenters. The summed E-state index contributed by atoms with van der Waals surface area (Å²) in [6.45, 7) is 4.36. The van der Waals surface area contributed by atoms with Crippen LogP contribution in [0.4, 0.5) is 0 Å². The van der Waals surface area contributed by atoms with Crippen LogP contribution in [-0.2, 0) is 16.1 Å². The molecule has 1 heterocycles. The molecule has 0 atom stereocenters. The van der Waals surface area contributed by atoms with E-state index in [1.54, 1.807) is 42.5 Å². The van der Waals surface area contributed by atoms with Gasteiger partial charge in [-0.15, -0.1) is 0 Å². The maximum atomic E-state index is 12.4. The number of morpholine rings is 1. The lowest BCUT2D eigenvalue weighted by atomic mass is 10.1. The van der Waals surface area contributed by atoms with Crippen molar-refractivity contribution in [2.75, 3.05) is 46.0 Å². The van der Waals surface area contributed by atoms with Crippen molar-refractivity contribution in [3.8, 4) is 5.75 Å². The van der Waals surface area contributed by atoms with Crippen molar-refractivity contribution in [1.82, 2.24) is 15.5 Å². The molecule has 0 radical (unpaired) electrons. The molecule has 5 N–H and O–H groups in total. The molecule has 3 rings (SSSR count). The van der Waals surface area contributed by atoms with Crippen molar-refractivity contribution >= 4 is 29.3 Å². The molecule has 0 saturated carbocycles. The largest absolute Gasteiger partial charge is 0.483 e. The maximum absolute atomic E-state index is 12.4. The minimum Gasteiger partial charge on any atom is -0.483 e. The molecule has 10 heteroatoms. The van der Waals surface area contributed by atoms with Crippen LogP contribution in [0.15, 0.2) is 42.5 Å². The van der Waals surface area contributed by atoms with Crippen molar-refractivity contribution in [1.29, 1.82) is 5.41 Å². The number of nitrogens with one attached hydrogen (secondary N) is 3. The second-order valence-corrected chi connectivity index (χ2v) is 7.96. The fourth-order valence-electron chi connectivity index (χ4n) is 3.28. The van der Waals surface area contributed by atoms with Crippen molar-refractivity contribution in [2.24, 2.45) is 5.73 Å². The highest BCUT2D eigenvalue weighted by molar-refractivity contribution is 6.30. The summed E-state index contributed by atoms with van der Waals surface area (Å²) in [5.41, 5.74) is 7.14. The van der Waals surface area contributed by atoms with Crippen LogP contribution in [0.5, 0.6) is 5.75 Å². The van der Waals surface area contributed by atoms with Gasteiger partial charge in [0.05, 0.1) is 13.2 Å². The number of nitrogens with two attached hydrogens (primary N) is 1. The van der Waals surface area contributed by atoms with Crippen LogP contribution < -0.4 is 21.1 Å². The van der Waals surface area contributed by atoms with Crippen molar-refractivity contribution < 1.29 is 19.1 Å². The first-order chi connectivity index (χ1) is 15.9. The molecule has 2 amide bonds. The molecular formula is C23H28ClN5O4. The first-order valence-corrected chi connectivity index (χ1v) is 11.0. The summed E-state index contributed by atoms with van der Waals surface area (Å²) in [6, 6.07) is 11.6. The second kappa shape index (κ2) is 12.2. The molecule has 176 valence electrons. The molecule has 2 aromatic rings. The van der Waals surface area contributed by atoms with Crippen molar-refractivity contribution in [3.05, 3.63) is 64.2 Å². The van der Waals surface area contributed by atoms with Crippen LogP contribution in [-0.4, -0.2) is 68.5 Å². The van der Waals surface area contributed by atoms with Gasteiger partial charge in [0, 0.05) is 54.4 Å². The summed E-state index contributed by atoms with van der Waals surface area (Å²) < 4.78 is 11.0. The average molecular weight is 474 g/mol. The van der Waals surface area contributed by atoms with Gasteiger partial charge in [-0.1, -0.05) is 29.8 Å². The Morgan fingerprint density at radius 1 is 1.12 bits per heavy atom. The fourth-order valence-corrected chi connectivity index (χ4v) is 3.47. The number of hydrogen-bond acceptors (Lipinski definition) is 6. The Hall–Kier alpha value is -3.14. The number of amides is 2. The van der Waals surface area contributed by atoms with E-state index in [0.717, 1.165) is 19.6 Å². The first kappa shape index (κ1) is 24.5. The summed E-state index contributed by atoms with van der Waals surface area (Å²) in [5.74, 6) is -0.299. The average Bonchev–Trinajstić information content (AvgIpc) is 2.82. The van der Waals surface area contributed by atoms with Crippen LogP contribution in [0.3, 0.4) is 0 Å². The fraction of sp³-hybridized carbons (Fsp3) is 0.348. The number of carbonyl (C=O) groups excluding carboxylic acids is 2. The van der Waals surface area contributed by atoms with E-state index < -0.39 is 0 Å². The van der Waals surface area contributed by atoms with E-state index in [-0.39, 0.29) is 30.8 Å². The van der Waals surface area contributed by atoms with Gasteiger partial charge in [0.1, 0.15) is 11.6 Å². The number of hydrogen-bond donors (Lipinski definition) is 4. The van der Waals surface area contributed by atoms with Crippen LogP contribution in [0.2, 0.25) is 5.02 Å². The van der Waals surface area contributed by atoms with E-state index in [1.165, 1.54) is 0 Å². The van der Waals surface area contributed by atoms with Crippen LogP contribution in [0, 0.1) is 5.41 Å². The van der Waals surface area contributed by atoms with Gasteiger partial charge in [0.15, 0.2) is 6.61 Å². The van der Waals surface area contributed by atoms with E-state index in [0.29, 0.717) is 47.2 Å². The van der Waals surface area contributed by atoms with E-state index >= 15 is 0 Å². The minimum absolute atomic E-state index is 0.121. The topological polar surface area (TPSA) is 130 Å². The Labute approximate surface area is 197 Å². The summed E-state index contributed by atoms with van der Waals surface area (Å²) in [5, 5.41) is 13.8. The number of nitrogens with zero attached hydrogens (tertiary/aromatic N) is 1. The Kier molecular flexibility index (Phi) is 9.05. The molecule has 1 saturated heterocycles. The highest BCUT2D eigenvalue weighted by atomic mass is 35.5. The maximum Gasteiger partial charge on any atom is 0.257 e. The third-order valence-corrected chi connectivity index (χ3v) is 5.35. The number of halogens is 1. The van der Waals surface area contributed by atoms with Crippen LogP contribution >= 0.6 is 11.6 Å². The predicted octanol–water partition coefficient (Wildman–Crippen LogP) is 1.38. The highest BCUT2D eigenvalue weighted by Crippen LogP contribution is 2.21. The third-order valence-electron chi connectivity index (χ3n) is 5.12. The van der Waals surface area contributed by atoms with Gasteiger partial charge >= 0.3 is 0 Å². The number of benzene rings is 2. The lowest BCUT2D eigenvalue weighted by molar-refractivity contribution is -0.123. The Morgan fingerprint density at radius 2 is 1.91 bits per heavy atom.